The minimum absolute atomic E-state index is 0. The van der Waals surface area contributed by atoms with E-state index in [1.807, 2.05) is 25.1 Å². The number of guanidine groups is 1. The lowest BCUT2D eigenvalue weighted by Gasteiger charge is -2.21. The molecule has 1 aromatic heterocycles. The van der Waals surface area contributed by atoms with Gasteiger partial charge < -0.3 is 19.5 Å². The van der Waals surface area contributed by atoms with E-state index >= 15 is 0 Å². The smallest absolute Gasteiger partial charge is 0.248 e. The summed E-state index contributed by atoms with van der Waals surface area (Å²) >= 11 is 0. The lowest BCUT2D eigenvalue weighted by atomic mass is 10.1. The fourth-order valence-corrected chi connectivity index (χ4v) is 3.05. The molecule has 0 aliphatic carbocycles. The molecular weight excluding hydrogens is 457 g/mol. The summed E-state index contributed by atoms with van der Waals surface area (Å²) in [4.78, 5) is 11.1. The van der Waals surface area contributed by atoms with Gasteiger partial charge in [0.05, 0.1) is 13.2 Å². The molecular formula is C19H28IN5O2. The van der Waals surface area contributed by atoms with Crippen LogP contribution in [0.2, 0.25) is 0 Å². The number of ether oxygens (including phenoxy) is 1. The van der Waals surface area contributed by atoms with Crippen LogP contribution in [0.4, 0.5) is 0 Å². The zero-order valence-corrected chi connectivity index (χ0v) is 18.3. The molecule has 8 heteroatoms. The van der Waals surface area contributed by atoms with Gasteiger partial charge in [0.2, 0.25) is 5.89 Å². The van der Waals surface area contributed by atoms with Gasteiger partial charge in [0.1, 0.15) is 6.54 Å². The molecule has 1 unspecified atom stereocenters. The highest BCUT2D eigenvalue weighted by Gasteiger charge is 2.25. The number of hydrogen-bond donors (Lipinski definition) is 1. The molecule has 0 bridgehead atoms. The quantitative estimate of drug-likeness (QED) is 0.369. The van der Waals surface area contributed by atoms with Crippen LogP contribution in [0, 0.1) is 12.8 Å². The van der Waals surface area contributed by atoms with E-state index in [4.69, 9.17) is 9.26 Å². The molecule has 2 heterocycles. The number of likely N-dealkylation sites (tertiary alicyclic amines) is 1. The van der Waals surface area contributed by atoms with E-state index in [-0.39, 0.29) is 24.0 Å². The molecule has 2 aromatic rings. The number of hydrogen-bond acceptors (Lipinski definition) is 5. The maximum Gasteiger partial charge on any atom is 0.248 e. The normalized spacial score (nSPS) is 17.0. The van der Waals surface area contributed by atoms with E-state index in [0.717, 1.165) is 38.6 Å². The van der Waals surface area contributed by atoms with Crippen LogP contribution in [0.25, 0.3) is 0 Å². The summed E-state index contributed by atoms with van der Waals surface area (Å²) in [5.41, 5.74) is 1.21. The molecule has 1 fully saturated rings. The Morgan fingerprint density at radius 2 is 2.19 bits per heavy atom. The number of rotatable bonds is 7. The Morgan fingerprint density at radius 1 is 1.37 bits per heavy atom. The Hall–Kier alpha value is -1.68. The fourth-order valence-electron chi connectivity index (χ4n) is 3.05. The molecule has 1 saturated heterocycles. The van der Waals surface area contributed by atoms with E-state index in [1.165, 1.54) is 5.56 Å². The van der Waals surface area contributed by atoms with Crippen LogP contribution < -0.4 is 5.32 Å². The van der Waals surface area contributed by atoms with Crippen molar-refractivity contribution in [2.45, 2.75) is 33.4 Å². The largest absolute Gasteiger partial charge is 0.376 e. The highest BCUT2D eigenvalue weighted by Crippen LogP contribution is 2.17. The lowest BCUT2D eigenvalue weighted by Crippen LogP contribution is -2.40. The third-order valence-electron chi connectivity index (χ3n) is 4.32. The fraction of sp³-hybridized carbons (Fsp3) is 0.526. The summed E-state index contributed by atoms with van der Waals surface area (Å²) < 4.78 is 11.0. The van der Waals surface area contributed by atoms with Crippen LogP contribution in [-0.2, 0) is 17.9 Å². The molecule has 1 aliphatic heterocycles. The SMILES string of the molecule is CCNC(=NCc1nc(C)no1)N1CCC(COCc2ccccc2)C1.I. The highest BCUT2D eigenvalue weighted by atomic mass is 127. The van der Waals surface area contributed by atoms with Gasteiger partial charge in [0.15, 0.2) is 11.8 Å². The van der Waals surface area contributed by atoms with Gasteiger partial charge in [-0.15, -0.1) is 24.0 Å². The van der Waals surface area contributed by atoms with Gasteiger partial charge in [0.25, 0.3) is 0 Å². The first-order chi connectivity index (χ1) is 12.7. The van der Waals surface area contributed by atoms with Crippen molar-refractivity contribution in [1.82, 2.24) is 20.4 Å². The summed E-state index contributed by atoms with van der Waals surface area (Å²) in [6.45, 7) is 8.47. The molecule has 1 N–H and O–H groups in total. The predicted octanol–water partition coefficient (Wildman–Crippen LogP) is 3.00. The molecule has 0 amide bonds. The van der Waals surface area contributed by atoms with E-state index in [9.17, 15) is 0 Å². The molecule has 148 valence electrons. The molecule has 0 saturated carbocycles. The van der Waals surface area contributed by atoms with Crippen LogP contribution in [0.1, 0.15) is 30.6 Å². The first kappa shape index (κ1) is 21.6. The molecule has 1 aliphatic rings. The molecule has 1 aromatic carbocycles. The van der Waals surface area contributed by atoms with Crippen molar-refractivity contribution in [1.29, 1.82) is 0 Å². The molecule has 1 atom stereocenters. The number of benzene rings is 1. The van der Waals surface area contributed by atoms with Gasteiger partial charge >= 0.3 is 0 Å². The van der Waals surface area contributed by atoms with Gasteiger partial charge in [-0.2, -0.15) is 4.98 Å². The van der Waals surface area contributed by atoms with Crippen molar-refractivity contribution in [3.63, 3.8) is 0 Å². The zero-order chi connectivity index (χ0) is 18.2. The number of aliphatic imine (C=N–C) groups is 1. The van der Waals surface area contributed by atoms with Gasteiger partial charge in [0, 0.05) is 25.6 Å². The predicted molar refractivity (Wildman–Crippen MR) is 115 cm³/mol. The average Bonchev–Trinajstić information content (AvgIpc) is 3.29. The topological polar surface area (TPSA) is 75.8 Å². The molecule has 3 rings (SSSR count). The van der Waals surface area contributed by atoms with Gasteiger partial charge in [-0.05, 0) is 25.8 Å². The van der Waals surface area contributed by atoms with Crippen LogP contribution in [-0.4, -0.2) is 47.2 Å². The number of halogens is 1. The first-order valence-corrected chi connectivity index (χ1v) is 9.18. The summed E-state index contributed by atoms with van der Waals surface area (Å²) in [6.07, 6.45) is 1.11. The van der Waals surface area contributed by atoms with E-state index in [1.54, 1.807) is 0 Å². The Kier molecular flexibility index (Phi) is 8.99. The third-order valence-corrected chi connectivity index (χ3v) is 4.32. The van der Waals surface area contributed by atoms with Gasteiger partial charge in [-0.25, -0.2) is 4.99 Å². The molecule has 7 nitrogen and oxygen atoms in total. The van der Waals surface area contributed by atoms with E-state index in [0.29, 0.717) is 30.8 Å². The monoisotopic (exact) mass is 485 g/mol. The van der Waals surface area contributed by atoms with Crippen molar-refractivity contribution in [3.05, 3.63) is 47.6 Å². The van der Waals surface area contributed by atoms with Crippen molar-refractivity contribution >= 4 is 29.9 Å². The second kappa shape index (κ2) is 11.2. The summed E-state index contributed by atoms with van der Waals surface area (Å²) in [6, 6.07) is 10.3. The average molecular weight is 485 g/mol. The standard InChI is InChI=1S/C19H27N5O2.HI/c1-3-20-19(21-11-18-22-15(2)23-26-18)24-10-9-17(12-24)14-25-13-16-7-5-4-6-8-16;/h4-8,17H,3,9-14H2,1-2H3,(H,20,21);1H. The number of nitrogens with one attached hydrogen (secondary N) is 1. The maximum atomic E-state index is 5.90. The molecule has 0 radical (unpaired) electrons. The summed E-state index contributed by atoms with van der Waals surface area (Å²) in [5, 5.41) is 7.15. The van der Waals surface area contributed by atoms with Crippen LogP contribution in [0.3, 0.4) is 0 Å². The maximum absolute atomic E-state index is 5.90. The Morgan fingerprint density at radius 3 is 2.89 bits per heavy atom. The van der Waals surface area contributed by atoms with Gasteiger partial charge in [-0.3, -0.25) is 0 Å². The van der Waals surface area contributed by atoms with E-state index in [2.05, 4.69) is 44.4 Å². The van der Waals surface area contributed by atoms with Crippen molar-refractivity contribution in [2.75, 3.05) is 26.2 Å². The van der Waals surface area contributed by atoms with Crippen molar-refractivity contribution < 1.29 is 9.26 Å². The Balaban J connectivity index is 0.00000261. The Labute approximate surface area is 177 Å². The van der Waals surface area contributed by atoms with Crippen LogP contribution in [0.5, 0.6) is 0 Å². The van der Waals surface area contributed by atoms with Gasteiger partial charge in [-0.1, -0.05) is 35.5 Å². The van der Waals surface area contributed by atoms with Crippen molar-refractivity contribution in [2.24, 2.45) is 10.9 Å². The third kappa shape index (κ3) is 6.76. The van der Waals surface area contributed by atoms with E-state index < -0.39 is 0 Å². The molecule has 0 spiro atoms. The van der Waals surface area contributed by atoms with Crippen LogP contribution >= 0.6 is 24.0 Å². The lowest BCUT2D eigenvalue weighted by molar-refractivity contribution is 0.0906. The highest BCUT2D eigenvalue weighted by molar-refractivity contribution is 14.0. The molecule has 27 heavy (non-hydrogen) atoms. The number of nitrogens with zero attached hydrogens (tertiary/aromatic N) is 4. The number of aryl methyl sites for hydroxylation is 1. The minimum Gasteiger partial charge on any atom is -0.376 e. The number of aromatic nitrogens is 2. The van der Waals surface area contributed by atoms with Crippen molar-refractivity contribution in [3.8, 4) is 0 Å². The summed E-state index contributed by atoms with van der Waals surface area (Å²) in [7, 11) is 0. The van der Waals surface area contributed by atoms with Crippen LogP contribution in [0.15, 0.2) is 39.8 Å². The minimum atomic E-state index is 0. The summed E-state index contributed by atoms with van der Waals surface area (Å²) in [5.74, 6) is 2.60. The zero-order valence-electron chi connectivity index (χ0n) is 15.9. The Bertz CT molecular complexity index is 707. The second-order valence-electron chi connectivity index (χ2n) is 6.51. The second-order valence-corrected chi connectivity index (χ2v) is 6.51. The first-order valence-electron chi connectivity index (χ1n) is 9.18.